The van der Waals surface area contributed by atoms with Gasteiger partial charge in [0.05, 0.1) is 28.4 Å². The number of rotatable bonds is 2. The topological polar surface area (TPSA) is 55.2 Å². The highest BCUT2D eigenvalue weighted by Gasteiger charge is 2.36. The van der Waals surface area contributed by atoms with E-state index in [2.05, 4.69) is 5.10 Å². The van der Waals surface area contributed by atoms with E-state index >= 15 is 0 Å². The predicted molar refractivity (Wildman–Crippen MR) is 80.5 cm³/mol. The van der Waals surface area contributed by atoms with E-state index in [-0.39, 0.29) is 29.5 Å². The lowest BCUT2D eigenvalue weighted by Crippen LogP contribution is -2.43. The van der Waals surface area contributed by atoms with E-state index in [1.54, 1.807) is 6.92 Å². The highest BCUT2D eigenvalue weighted by atomic mass is 35.5. The van der Waals surface area contributed by atoms with E-state index in [9.17, 15) is 22.8 Å². The van der Waals surface area contributed by atoms with Crippen LogP contribution in [0.5, 0.6) is 0 Å². The minimum Gasteiger partial charge on any atom is -0.305 e. The molecule has 1 aliphatic rings. The average Bonchev–Trinajstić information content (AvgIpc) is 2.94. The maximum atomic E-state index is 12.8. The van der Waals surface area contributed by atoms with Crippen LogP contribution >= 0.6 is 11.6 Å². The van der Waals surface area contributed by atoms with E-state index in [0.717, 1.165) is 12.1 Å². The molecule has 0 unspecified atom stereocenters. The van der Waals surface area contributed by atoms with Crippen LogP contribution in [0.2, 0.25) is 5.02 Å². The molecule has 2 heterocycles. The lowest BCUT2D eigenvalue weighted by atomic mass is 10.1. The first-order valence-corrected chi connectivity index (χ1v) is 7.33. The molecule has 2 aromatic rings. The second kappa shape index (κ2) is 5.62. The Bertz CT molecular complexity index is 832. The van der Waals surface area contributed by atoms with Crippen LogP contribution in [-0.4, -0.2) is 28.5 Å². The number of halogens is 4. The zero-order chi connectivity index (χ0) is 17.6. The number of hydrogen-bond donors (Lipinski definition) is 0. The molecule has 9 heteroatoms. The molecule has 1 aromatic heterocycles. The number of carbonyl (C=O) groups is 2. The Kier molecular flexibility index (Phi) is 3.87. The monoisotopic (exact) mass is 357 g/mol. The minimum absolute atomic E-state index is 0.111. The maximum absolute atomic E-state index is 12.8. The number of aromatic nitrogens is 2. The van der Waals surface area contributed by atoms with E-state index in [0.29, 0.717) is 6.29 Å². The van der Waals surface area contributed by atoms with E-state index in [1.165, 1.54) is 21.8 Å². The van der Waals surface area contributed by atoms with Crippen molar-refractivity contribution in [3.63, 3.8) is 0 Å². The summed E-state index contributed by atoms with van der Waals surface area (Å²) in [6, 6.07) is 2.88. The number of nitrogens with zero attached hydrogens (tertiary/aromatic N) is 3. The van der Waals surface area contributed by atoms with Gasteiger partial charge < -0.3 is 4.90 Å². The highest BCUT2D eigenvalue weighted by molar-refractivity contribution is 6.31. The van der Waals surface area contributed by atoms with Crippen LogP contribution < -0.4 is 4.90 Å². The average molecular weight is 358 g/mol. The Morgan fingerprint density at radius 2 is 2.08 bits per heavy atom. The third-order valence-corrected chi connectivity index (χ3v) is 4.15. The van der Waals surface area contributed by atoms with Crippen LogP contribution in [0.15, 0.2) is 24.4 Å². The fraction of sp³-hybridized carbons (Fsp3) is 0.267. The molecule has 0 bridgehead atoms. The number of benzene rings is 1. The van der Waals surface area contributed by atoms with Crippen molar-refractivity contribution in [3.8, 4) is 0 Å². The van der Waals surface area contributed by atoms with Gasteiger partial charge in [-0.25, -0.2) is 0 Å². The zero-order valence-electron chi connectivity index (χ0n) is 12.3. The number of amides is 1. The van der Waals surface area contributed by atoms with Gasteiger partial charge in [0.2, 0.25) is 0 Å². The standard InChI is InChI=1S/C15H11ClF3N3O2/c1-8-6-21(14(24)13-9(7-23)5-20-22(8)13)10-2-3-11(12(16)4-10)15(17,18)19/h2-5,7-8H,6H2,1H3/t8-/m0/s1. The molecule has 0 aliphatic carbocycles. The third-order valence-electron chi connectivity index (χ3n) is 3.83. The fourth-order valence-electron chi connectivity index (χ4n) is 2.69. The molecule has 0 spiro atoms. The van der Waals surface area contributed by atoms with Crippen molar-refractivity contribution in [2.45, 2.75) is 19.1 Å². The molecule has 1 aromatic carbocycles. The second-order valence-corrected chi connectivity index (χ2v) is 5.84. The van der Waals surface area contributed by atoms with Gasteiger partial charge in [-0.1, -0.05) is 11.6 Å². The van der Waals surface area contributed by atoms with Gasteiger partial charge in [-0.2, -0.15) is 18.3 Å². The molecule has 1 aliphatic heterocycles. The molecule has 0 saturated carbocycles. The highest BCUT2D eigenvalue weighted by Crippen LogP contribution is 2.37. The van der Waals surface area contributed by atoms with Crippen molar-refractivity contribution in [2.75, 3.05) is 11.4 Å². The molecule has 1 atom stereocenters. The number of alkyl halides is 3. The lowest BCUT2D eigenvalue weighted by Gasteiger charge is -2.32. The molecule has 0 N–H and O–H groups in total. The summed E-state index contributed by atoms with van der Waals surface area (Å²) in [4.78, 5) is 25.0. The van der Waals surface area contributed by atoms with Crippen LogP contribution in [0.25, 0.3) is 0 Å². The fourth-order valence-corrected chi connectivity index (χ4v) is 2.98. The van der Waals surface area contributed by atoms with Crippen LogP contribution in [0.1, 0.15) is 39.4 Å². The predicted octanol–water partition coefficient (Wildman–Crippen LogP) is 3.59. The lowest BCUT2D eigenvalue weighted by molar-refractivity contribution is -0.137. The summed E-state index contributed by atoms with van der Waals surface area (Å²) in [5, 5.41) is 3.52. The van der Waals surface area contributed by atoms with Crippen molar-refractivity contribution in [1.82, 2.24) is 9.78 Å². The molecule has 1 amide bonds. The Balaban J connectivity index is 2.04. The Morgan fingerprint density at radius 1 is 1.38 bits per heavy atom. The van der Waals surface area contributed by atoms with Gasteiger partial charge in [0.25, 0.3) is 5.91 Å². The second-order valence-electron chi connectivity index (χ2n) is 5.44. The van der Waals surface area contributed by atoms with Crippen LogP contribution in [0, 0.1) is 0 Å². The van der Waals surface area contributed by atoms with Gasteiger partial charge in [0.15, 0.2) is 6.29 Å². The number of hydrogen-bond acceptors (Lipinski definition) is 3. The van der Waals surface area contributed by atoms with Crippen molar-refractivity contribution < 1.29 is 22.8 Å². The summed E-state index contributed by atoms with van der Waals surface area (Å²) in [6.07, 6.45) is -2.76. The molecule has 3 rings (SSSR count). The molecule has 126 valence electrons. The first kappa shape index (κ1) is 16.5. The Hall–Kier alpha value is -2.35. The molecule has 24 heavy (non-hydrogen) atoms. The van der Waals surface area contributed by atoms with Crippen molar-refractivity contribution in [1.29, 1.82) is 0 Å². The van der Waals surface area contributed by atoms with Crippen LogP contribution in [0.3, 0.4) is 0 Å². The minimum atomic E-state index is -4.57. The number of fused-ring (bicyclic) bond motifs is 1. The summed E-state index contributed by atoms with van der Waals surface area (Å²) < 4.78 is 39.8. The van der Waals surface area contributed by atoms with Crippen molar-refractivity contribution in [2.24, 2.45) is 0 Å². The molecule has 0 radical (unpaired) electrons. The first-order valence-electron chi connectivity index (χ1n) is 6.95. The summed E-state index contributed by atoms with van der Waals surface area (Å²) in [7, 11) is 0. The summed E-state index contributed by atoms with van der Waals surface area (Å²) in [5.41, 5.74) is -0.493. The first-order chi connectivity index (χ1) is 11.2. The SMILES string of the molecule is C[C@H]1CN(c2ccc(C(F)(F)F)c(Cl)c2)C(=O)c2c(C=O)cnn21. The van der Waals surface area contributed by atoms with Gasteiger partial charge in [0, 0.05) is 12.2 Å². The van der Waals surface area contributed by atoms with Crippen LogP contribution in [-0.2, 0) is 6.18 Å². The maximum Gasteiger partial charge on any atom is 0.417 e. The number of carbonyl (C=O) groups excluding carboxylic acids is 2. The molecule has 0 saturated heterocycles. The van der Waals surface area contributed by atoms with E-state index in [1.807, 2.05) is 0 Å². The summed E-state index contributed by atoms with van der Waals surface area (Å²) in [6.45, 7) is 1.99. The summed E-state index contributed by atoms with van der Waals surface area (Å²) in [5.74, 6) is -0.511. The van der Waals surface area contributed by atoms with Crippen molar-refractivity contribution >= 4 is 29.5 Å². The number of anilines is 1. The number of aldehydes is 1. The largest absolute Gasteiger partial charge is 0.417 e. The van der Waals surface area contributed by atoms with E-state index in [4.69, 9.17) is 11.6 Å². The molecular formula is C15H11ClF3N3O2. The van der Waals surface area contributed by atoms with Gasteiger partial charge in [-0.3, -0.25) is 14.3 Å². The quantitative estimate of drug-likeness (QED) is 0.772. The summed E-state index contributed by atoms with van der Waals surface area (Å²) >= 11 is 5.72. The molecule has 5 nitrogen and oxygen atoms in total. The van der Waals surface area contributed by atoms with Crippen LogP contribution in [0.4, 0.5) is 18.9 Å². The normalized spacial score (nSPS) is 17.8. The van der Waals surface area contributed by atoms with Gasteiger partial charge in [-0.05, 0) is 25.1 Å². The zero-order valence-corrected chi connectivity index (χ0v) is 13.1. The van der Waals surface area contributed by atoms with Gasteiger partial charge >= 0.3 is 6.18 Å². The van der Waals surface area contributed by atoms with E-state index < -0.39 is 22.7 Å². The Morgan fingerprint density at radius 3 is 2.67 bits per heavy atom. The smallest absolute Gasteiger partial charge is 0.305 e. The van der Waals surface area contributed by atoms with Gasteiger partial charge in [-0.15, -0.1) is 0 Å². The Labute approximate surface area is 139 Å². The molecular weight excluding hydrogens is 347 g/mol. The third kappa shape index (κ3) is 2.56. The van der Waals surface area contributed by atoms with Gasteiger partial charge in [0.1, 0.15) is 5.69 Å². The van der Waals surface area contributed by atoms with Crippen molar-refractivity contribution in [3.05, 3.63) is 46.2 Å². The molecule has 0 fully saturated rings.